The molecule has 0 heterocycles. The van der Waals surface area contributed by atoms with E-state index in [2.05, 4.69) is 0 Å². The molecule has 1 N–H and O–H groups in total. The third-order valence-corrected chi connectivity index (χ3v) is 3.38. The highest BCUT2D eigenvalue weighted by molar-refractivity contribution is 8.46. The second-order valence-corrected chi connectivity index (χ2v) is 5.38. The Morgan fingerprint density at radius 1 is 1.17 bits per heavy atom. The van der Waals surface area contributed by atoms with Gasteiger partial charge in [0.25, 0.3) is 10.2 Å². The van der Waals surface area contributed by atoms with Crippen molar-refractivity contribution in [3.05, 3.63) is 0 Å². The second kappa shape index (κ2) is 2.25. The minimum absolute atomic E-state index is 0.714. The summed E-state index contributed by atoms with van der Waals surface area (Å²) in [6, 6.07) is 0. The van der Waals surface area contributed by atoms with E-state index in [0.29, 0.717) is 6.92 Å². The standard InChI is InChI=1S/C5H11F5OS/c1-3-5(4(2)11)12(6,7,8,9)10/h4-5,11H,3H2,1-2H3. The molecule has 1 nitrogen and oxygen atoms in total. The Hall–Kier alpha value is -0.0400. The molecule has 78 valence electrons. The Balaban J connectivity index is 5.00. The molecule has 0 aromatic carbocycles. The highest BCUT2D eigenvalue weighted by Crippen LogP contribution is 3.00. The lowest BCUT2D eigenvalue weighted by atomic mass is 10.2. The van der Waals surface area contributed by atoms with Crippen molar-refractivity contribution in [2.45, 2.75) is 31.6 Å². The number of aliphatic hydroxyl groups is 1. The highest BCUT2D eigenvalue weighted by Gasteiger charge is 2.70. The first kappa shape index (κ1) is 12.0. The Morgan fingerprint density at radius 3 is 1.50 bits per heavy atom. The Labute approximate surface area is 67.3 Å². The van der Waals surface area contributed by atoms with Gasteiger partial charge in [0.2, 0.25) is 0 Å². The largest absolute Gasteiger partial charge is 0.392 e. The van der Waals surface area contributed by atoms with Crippen LogP contribution in [0.3, 0.4) is 0 Å². The zero-order valence-corrected chi connectivity index (χ0v) is 7.42. The molecule has 0 spiro atoms. The summed E-state index contributed by atoms with van der Waals surface area (Å²) in [5.74, 6) is 0. The molecular formula is C5H11F5OS. The number of rotatable bonds is 3. The lowest BCUT2D eigenvalue weighted by Gasteiger charge is -2.47. The normalized spacial score (nSPS) is 24.0. The summed E-state index contributed by atoms with van der Waals surface area (Å²) >= 11 is 0. The smallest absolute Gasteiger partial charge is 0.290 e. The van der Waals surface area contributed by atoms with Crippen LogP contribution in [-0.2, 0) is 0 Å². The van der Waals surface area contributed by atoms with E-state index in [1.165, 1.54) is 0 Å². The molecule has 0 aromatic rings. The predicted molar refractivity (Wildman–Crippen MR) is 38.9 cm³/mol. The molecule has 2 unspecified atom stereocenters. The maximum atomic E-state index is 12.0. The van der Waals surface area contributed by atoms with Gasteiger partial charge < -0.3 is 5.11 Å². The van der Waals surface area contributed by atoms with Gasteiger partial charge in [0.1, 0.15) is 5.25 Å². The molecule has 0 aromatic heterocycles. The third kappa shape index (κ3) is 3.14. The van der Waals surface area contributed by atoms with Gasteiger partial charge in [-0.3, -0.25) is 0 Å². The maximum absolute atomic E-state index is 12.0. The summed E-state index contributed by atoms with van der Waals surface area (Å²) in [5.41, 5.74) is 0. The summed E-state index contributed by atoms with van der Waals surface area (Å²) < 4.78 is 59.9. The quantitative estimate of drug-likeness (QED) is 0.713. The van der Waals surface area contributed by atoms with Crippen molar-refractivity contribution in [3.8, 4) is 0 Å². The van der Waals surface area contributed by atoms with Crippen LogP contribution in [0.25, 0.3) is 0 Å². The minimum atomic E-state index is -9.49. The van der Waals surface area contributed by atoms with Crippen molar-refractivity contribution in [2.75, 3.05) is 0 Å². The first-order valence-corrected chi connectivity index (χ1v) is 5.31. The Morgan fingerprint density at radius 2 is 1.50 bits per heavy atom. The fourth-order valence-corrected chi connectivity index (χ4v) is 2.40. The van der Waals surface area contributed by atoms with Crippen LogP contribution in [0, 0.1) is 0 Å². The zero-order valence-electron chi connectivity index (χ0n) is 6.61. The molecule has 0 radical (unpaired) electrons. The van der Waals surface area contributed by atoms with Gasteiger partial charge in [-0.1, -0.05) is 26.4 Å². The van der Waals surface area contributed by atoms with Gasteiger partial charge in [0.15, 0.2) is 0 Å². The maximum Gasteiger partial charge on any atom is 0.290 e. The molecule has 0 saturated carbocycles. The van der Waals surface area contributed by atoms with Crippen LogP contribution in [0.5, 0.6) is 0 Å². The van der Waals surface area contributed by atoms with Gasteiger partial charge in [-0.25, -0.2) is 0 Å². The predicted octanol–water partition coefficient (Wildman–Crippen LogP) is 3.44. The number of hydrogen-bond acceptors (Lipinski definition) is 1. The number of aliphatic hydroxyl groups excluding tert-OH is 1. The molecule has 0 bridgehead atoms. The van der Waals surface area contributed by atoms with Gasteiger partial charge in [0, 0.05) is 0 Å². The number of halogens is 5. The molecule has 7 heteroatoms. The first-order valence-electron chi connectivity index (χ1n) is 3.29. The SMILES string of the molecule is CCC(C(C)O)S(F)(F)(F)(F)F. The van der Waals surface area contributed by atoms with Gasteiger partial charge in [-0.15, -0.1) is 0 Å². The van der Waals surface area contributed by atoms with E-state index in [1.807, 2.05) is 0 Å². The third-order valence-electron chi connectivity index (χ3n) is 1.51. The lowest BCUT2D eigenvalue weighted by Crippen LogP contribution is -2.34. The summed E-state index contributed by atoms with van der Waals surface area (Å²) in [6.45, 7) is 1.68. The van der Waals surface area contributed by atoms with Crippen LogP contribution in [-0.4, -0.2) is 16.5 Å². The van der Waals surface area contributed by atoms with Gasteiger partial charge in [-0.2, -0.15) is 0 Å². The molecule has 0 rings (SSSR count). The van der Waals surface area contributed by atoms with Crippen LogP contribution in [0.4, 0.5) is 19.4 Å². The van der Waals surface area contributed by atoms with Gasteiger partial charge in [-0.05, 0) is 13.3 Å². The van der Waals surface area contributed by atoms with Crippen LogP contribution in [0.15, 0.2) is 0 Å². The average Bonchev–Trinajstić information content (AvgIpc) is 1.55. The average molecular weight is 214 g/mol. The van der Waals surface area contributed by atoms with E-state index in [9.17, 15) is 19.4 Å². The lowest BCUT2D eigenvalue weighted by molar-refractivity contribution is 0.164. The molecule has 0 aliphatic carbocycles. The Bertz CT molecular complexity index is 169. The molecular weight excluding hydrogens is 203 g/mol. The van der Waals surface area contributed by atoms with Crippen molar-refractivity contribution in [3.63, 3.8) is 0 Å². The molecule has 0 aliphatic heterocycles. The molecule has 0 amide bonds. The molecule has 2 atom stereocenters. The van der Waals surface area contributed by atoms with E-state index in [0.717, 1.165) is 6.92 Å². The van der Waals surface area contributed by atoms with Crippen LogP contribution in [0.1, 0.15) is 20.3 Å². The molecule has 12 heavy (non-hydrogen) atoms. The minimum Gasteiger partial charge on any atom is -0.392 e. The summed E-state index contributed by atoms with van der Waals surface area (Å²) in [5, 5.41) is 5.61. The van der Waals surface area contributed by atoms with Crippen LogP contribution in [0.2, 0.25) is 0 Å². The monoisotopic (exact) mass is 214 g/mol. The van der Waals surface area contributed by atoms with E-state index in [-0.39, 0.29) is 0 Å². The van der Waals surface area contributed by atoms with Crippen molar-refractivity contribution < 1.29 is 24.5 Å². The fourth-order valence-electron chi connectivity index (χ4n) is 1.03. The van der Waals surface area contributed by atoms with E-state index >= 15 is 0 Å². The van der Waals surface area contributed by atoms with Gasteiger partial charge in [0.05, 0.1) is 6.10 Å². The zero-order chi connectivity index (χ0) is 10.3. The van der Waals surface area contributed by atoms with Crippen molar-refractivity contribution >= 4 is 10.2 Å². The number of hydrogen-bond donors (Lipinski definition) is 1. The highest BCUT2D eigenvalue weighted by atomic mass is 32.5. The van der Waals surface area contributed by atoms with Gasteiger partial charge >= 0.3 is 0 Å². The molecule has 0 aliphatic rings. The topological polar surface area (TPSA) is 20.2 Å². The van der Waals surface area contributed by atoms with Crippen LogP contribution < -0.4 is 0 Å². The molecule has 0 fully saturated rings. The summed E-state index contributed by atoms with van der Waals surface area (Å²) in [4.78, 5) is 0. The van der Waals surface area contributed by atoms with E-state index in [1.54, 1.807) is 0 Å². The fraction of sp³-hybridized carbons (Fsp3) is 1.00. The summed E-state index contributed by atoms with van der Waals surface area (Å²) in [6.07, 6.45) is -2.87. The van der Waals surface area contributed by atoms with Crippen molar-refractivity contribution in [2.24, 2.45) is 0 Å². The van der Waals surface area contributed by atoms with Crippen LogP contribution >= 0.6 is 10.2 Å². The van der Waals surface area contributed by atoms with Crippen molar-refractivity contribution in [1.29, 1.82) is 0 Å². The van der Waals surface area contributed by atoms with Crippen molar-refractivity contribution in [1.82, 2.24) is 0 Å². The second-order valence-electron chi connectivity index (χ2n) is 2.72. The van der Waals surface area contributed by atoms with E-state index in [4.69, 9.17) is 5.11 Å². The first-order chi connectivity index (χ1) is 4.88. The Kier molecular flexibility index (Phi) is 2.25. The van der Waals surface area contributed by atoms with E-state index < -0.39 is 28.0 Å². The summed E-state index contributed by atoms with van der Waals surface area (Å²) in [7, 11) is -9.49. The molecule has 0 saturated heterocycles.